The highest BCUT2D eigenvalue weighted by Crippen LogP contribution is 2.22. The van der Waals surface area contributed by atoms with Crippen LogP contribution in [-0.4, -0.2) is 74.0 Å². The van der Waals surface area contributed by atoms with E-state index in [4.69, 9.17) is 0 Å². The Bertz CT molecular complexity index is 455. The lowest BCUT2D eigenvalue weighted by atomic mass is 9.93. The number of hydrogen-bond donors (Lipinski definition) is 2. The van der Waals surface area contributed by atoms with Gasteiger partial charge in [-0.3, -0.25) is 14.7 Å². The Hall–Kier alpha value is -0.570. The first-order valence-electron chi connectivity index (χ1n) is 9.87. The summed E-state index contributed by atoms with van der Waals surface area (Å²) in [6.07, 6.45) is 6.77. The van der Waals surface area contributed by atoms with Crippen molar-refractivity contribution < 1.29 is 4.79 Å². The number of rotatable bonds is 5. The molecule has 2 N–H and O–H groups in total. The molecule has 2 rings (SSSR count). The van der Waals surface area contributed by atoms with Crippen LogP contribution < -0.4 is 10.6 Å². The Morgan fingerprint density at radius 2 is 1.73 bits per heavy atom. The van der Waals surface area contributed by atoms with Gasteiger partial charge >= 0.3 is 0 Å². The molecule has 1 amide bonds. The summed E-state index contributed by atoms with van der Waals surface area (Å²) < 4.78 is 0. The van der Waals surface area contributed by atoms with E-state index in [0.717, 1.165) is 38.4 Å². The second-order valence-electron chi connectivity index (χ2n) is 8.07. The van der Waals surface area contributed by atoms with E-state index < -0.39 is 0 Å². The first-order chi connectivity index (χ1) is 12.0. The van der Waals surface area contributed by atoms with Gasteiger partial charge in [0.05, 0.1) is 0 Å². The molecule has 2 saturated heterocycles. The summed E-state index contributed by atoms with van der Waals surface area (Å²) >= 11 is 0. The van der Waals surface area contributed by atoms with Crippen LogP contribution in [0.4, 0.5) is 0 Å². The average molecular weight is 479 g/mol. The number of nitrogens with zero attached hydrogens (tertiary/aromatic N) is 3. The minimum absolute atomic E-state index is 0. The number of aliphatic imine (C=N–C) groups is 1. The van der Waals surface area contributed by atoms with Gasteiger partial charge in [0.1, 0.15) is 0 Å². The van der Waals surface area contributed by atoms with Crippen molar-refractivity contribution in [2.45, 2.75) is 57.9 Å². The third-order valence-corrected chi connectivity index (χ3v) is 5.77. The van der Waals surface area contributed by atoms with Crippen molar-refractivity contribution in [2.75, 3.05) is 46.8 Å². The van der Waals surface area contributed by atoms with Gasteiger partial charge < -0.3 is 15.5 Å². The quantitative estimate of drug-likeness (QED) is 0.361. The zero-order valence-corrected chi connectivity index (χ0v) is 19.3. The monoisotopic (exact) mass is 479 g/mol. The van der Waals surface area contributed by atoms with Gasteiger partial charge in [0, 0.05) is 45.7 Å². The van der Waals surface area contributed by atoms with Crippen LogP contribution >= 0.6 is 24.0 Å². The van der Waals surface area contributed by atoms with Gasteiger partial charge in [0.2, 0.25) is 5.91 Å². The number of hydrogen-bond acceptors (Lipinski definition) is 3. The fourth-order valence-corrected chi connectivity index (χ4v) is 3.95. The molecule has 0 saturated carbocycles. The van der Waals surface area contributed by atoms with Crippen molar-refractivity contribution in [3.63, 3.8) is 0 Å². The smallest absolute Gasteiger partial charge is 0.220 e. The third-order valence-electron chi connectivity index (χ3n) is 5.77. The van der Waals surface area contributed by atoms with Crippen LogP contribution in [0.2, 0.25) is 0 Å². The average Bonchev–Trinajstić information content (AvgIpc) is 2.64. The largest absolute Gasteiger partial charge is 0.359 e. The standard InChI is InChI=1S/C19H37N5O.HI/c1-19(2,24-10-6-5-7-11-24)15-22-18(21-4)23-12-8-16(9-13-23)14-17(25)20-3;/h16H,5-15H2,1-4H3,(H,20,25)(H,21,22);1H. The summed E-state index contributed by atoms with van der Waals surface area (Å²) in [4.78, 5) is 21.0. The molecule has 6 nitrogen and oxygen atoms in total. The van der Waals surface area contributed by atoms with Crippen LogP contribution in [0.15, 0.2) is 4.99 Å². The number of carbonyl (C=O) groups is 1. The number of guanidine groups is 1. The van der Waals surface area contributed by atoms with Crippen molar-refractivity contribution in [1.82, 2.24) is 20.4 Å². The second-order valence-corrected chi connectivity index (χ2v) is 8.07. The normalized spacial score (nSPS) is 20.5. The fraction of sp³-hybridized carbons (Fsp3) is 0.895. The van der Waals surface area contributed by atoms with Gasteiger partial charge in [-0.1, -0.05) is 6.42 Å². The van der Waals surface area contributed by atoms with Crippen LogP contribution in [0.25, 0.3) is 0 Å². The van der Waals surface area contributed by atoms with E-state index in [1.165, 1.54) is 32.4 Å². The highest BCUT2D eigenvalue weighted by Gasteiger charge is 2.29. The molecule has 2 aliphatic rings. The summed E-state index contributed by atoms with van der Waals surface area (Å²) in [6.45, 7) is 9.94. The molecule has 0 spiro atoms. The maximum absolute atomic E-state index is 11.5. The van der Waals surface area contributed by atoms with E-state index in [1.54, 1.807) is 7.05 Å². The van der Waals surface area contributed by atoms with Crippen molar-refractivity contribution in [3.8, 4) is 0 Å². The van der Waals surface area contributed by atoms with Crippen LogP contribution in [-0.2, 0) is 4.79 Å². The van der Waals surface area contributed by atoms with Crippen molar-refractivity contribution in [2.24, 2.45) is 10.9 Å². The highest BCUT2D eigenvalue weighted by atomic mass is 127. The Labute approximate surface area is 176 Å². The molecule has 0 atom stereocenters. The van der Waals surface area contributed by atoms with Gasteiger partial charge in [-0.05, 0) is 58.5 Å². The number of carbonyl (C=O) groups excluding carboxylic acids is 1. The number of nitrogens with one attached hydrogen (secondary N) is 2. The van der Waals surface area contributed by atoms with E-state index in [0.29, 0.717) is 12.3 Å². The Morgan fingerprint density at radius 1 is 1.12 bits per heavy atom. The Balaban J connectivity index is 0.00000338. The zero-order chi connectivity index (χ0) is 18.3. The van der Waals surface area contributed by atoms with Crippen molar-refractivity contribution in [1.29, 1.82) is 0 Å². The van der Waals surface area contributed by atoms with Gasteiger partial charge in [-0.15, -0.1) is 24.0 Å². The molecule has 2 heterocycles. The van der Waals surface area contributed by atoms with Crippen LogP contribution in [0.1, 0.15) is 52.4 Å². The van der Waals surface area contributed by atoms with E-state index >= 15 is 0 Å². The van der Waals surface area contributed by atoms with E-state index in [1.807, 2.05) is 7.05 Å². The van der Waals surface area contributed by atoms with Crippen LogP contribution in [0, 0.1) is 5.92 Å². The molecule has 0 radical (unpaired) electrons. The predicted octanol–water partition coefficient (Wildman–Crippen LogP) is 2.29. The summed E-state index contributed by atoms with van der Waals surface area (Å²) in [5, 5.41) is 6.33. The lowest BCUT2D eigenvalue weighted by molar-refractivity contribution is -0.121. The Kier molecular flexibility index (Phi) is 10.2. The zero-order valence-electron chi connectivity index (χ0n) is 17.0. The third kappa shape index (κ3) is 6.87. The molecule has 0 aromatic heterocycles. The lowest BCUT2D eigenvalue weighted by Gasteiger charge is -2.42. The molecule has 2 fully saturated rings. The topological polar surface area (TPSA) is 60.0 Å². The molecule has 26 heavy (non-hydrogen) atoms. The van der Waals surface area contributed by atoms with Gasteiger partial charge in [0.15, 0.2) is 5.96 Å². The minimum atomic E-state index is 0. The van der Waals surface area contributed by atoms with Gasteiger partial charge in [-0.25, -0.2) is 0 Å². The first kappa shape index (κ1) is 23.5. The fourth-order valence-electron chi connectivity index (χ4n) is 3.95. The molecule has 0 bridgehead atoms. The molecule has 152 valence electrons. The summed E-state index contributed by atoms with van der Waals surface area (Å²) in [5.41, 5.74) is 0.147. The molecular formula is C19H38IN5O. The molecule has 0 unspecified atom stereocenters. The number of amides is 1. The Morgan fingerprint density at radius 3 is 2.27 bits per heavy atom. The summed E-state index contributed by atoms with van der Waals surface area (Å²) in [6, 6.07) is 0. The van der Waals surface area contributed by atoms with Crippen molar-refractivity contribution >= 4 is 35.8 Å². The molecule has 0 aromatic rings. The highest BCUT2D eigenvalue weighted by molar-refractivity contribution is 14.0. The molecule has 2 aliphatic heterocycles. The summed E-state index contributed by atoms with van der Waals surface area (Å²) in [7, 11) is 3.58. The first-order valence-corrected chi connectivity index (χ1v) is 9.87. The van der Waals surface area contributed by atoms with E-state index in [-0.39, 0.29) is 35.4 Å². The van der Waals surface area contributed by atoms with Crippen LogP contribution in [0.5, 0.6) is 0 Å². The molecule has 0 aromatic carbocycles. The maximum atomic E-state index is 11.5. The minimum Gasteiger partial charge on any atom is -0.359 e. The summed E-state index contributed by atoms with van der Waals surface area (Å²) in [5.74, 6) is 1.66. The SMILES string of the molecule is CN=C(NCC(C)(C)N1CCCCC1)N1CCC(CC(=O)NC)CC1.I. The molecule has 0 aliphatic carbocycles. The second kappa shape index (κ2) is 11.3. The van der Waals surface area contributed by atoms with E-state index in [9.17, 15) is 4.79 Å². The predicted molar refractivity (Wildman–Crippen MR) is 119 cm³/mol. The van der Waals surface area contributed by atoms with E-state index in [2.05, 4.69) is 39.3 Å². The van der Waals surface area contributed by atoms with Crippen LogP contribution in [0.3, 0.4) is 0 Å². The lowest BCUT2D eigenvalue weighted by Crippen LogP contribution is -2.56. The molecule has 7 heteroatoms. The van der Waals surface area contributed by atoms with Crippen molar-refractivity contribution in [3.05, 3.63) is 0 Å². The van der Waals surface area contributed by atoms with Gasteiger partial charge in [-0.2, -0.15) is 0 Å². The number of piperidine rings is 2. The maximum Gasteiger partial charge on any atom is 0.220 e. The van der Waals surface area contributed by atoms with Gasteiger partial charge in [0.25, 0.3) is 0 Å². The number of likely N-dealkylation sites (tertiary alicyclic amines) is 2. The molecular weight excluding hydrogens is 441 g/mol. The number of halogens is 1.